The van der Waals surface area contributed by atoms with E-state index in [1.165, 1.54) is 4.90 Å². The van der Waals surface area contributed by atoms with Gasteiger partial charge in [-0.3, -0.25) is 9.69 Å². The molecule has 6 heteroatoms. The van der Waals surface area contributed by atoms with Crippen LogP contribution in [0.4, 0.5) is 10.5 Å². The van der Waals surface area contributed by atoms with E-state index >= 15 is 0 Å². The molecule has 102 valence electrons. The number of nitrogens with two attached hydrogens (primary N) is 1. The Morgan fingerprint density at radius 2 is 2.16 bits per heavy atom. The van der Waals surface area contributed by atoms with Gasteiger partial charge in [0.25, 0.3) is 5.91 Å². The van der Waals surface area contributed by atoms with Gasteiger partial charge in [0.1, 0.15) is 6.04 Å². The number of nitrogen functional groups attached to an aromatic ring is 1. The minimum Gasteiger partial charge on any atom is -0.398 e. The Morgan fingerprint density at radius 1 is 1.42 bits per heavy atom. The number of nitrogens with zero attached hydrogens (tertiary/aromatic N) is 1. The molecule has 1 aliphatic rings. The molecule has 1 unspecified atom stereocenters. The molecule has 0 radical (unpaired) electrons. The van der Waals surface area contributed by atoms with Gasteiger partial charge in [-0.15, -0.1) is 0 Å². The van der Waals surface area contributed by atoms with Crippen molar-refractivity contribution in [2.24, 2.45) is 0 Å². The van der Waals surface area contributed by atoms with E-state index in [0.717, 1.165) is 16.5 Å². The van der Waals surface area contributed by atoms with Crippen molar-refractivity contribution >= 4 is 33.6 Å². The summed E-state index contributed by atoms with van der Waals surface area (Å²) in [4.78, 5) is 25.1. The lowest BCUT2D eigenvalue weighted by atomic mass is 10.1. The summed E-state index contributed by atoms with van der Waals surface area (Å²) in [5.74, 6) is -0.172. The highest BCUT2D eigenvalue weighted by Gasteiger charge is 2.37. The number of anilines is 1. The number of imide groups is 1. The second-order valence-corrected chi connectivity index (χ2v) is 5.47. The second kappa shape index (κ2) is 5.61. The minimum atomic E-state index is -0.394. The Morgan fingerprint density at radius 3 is 2.79 bits per heavy atom. The van der Waals surface area contributed by atoms with Crippen LogP contribution in [-0.2, 0) is 11.3 Å². The molecule has 1 aromatic carbocycles. The van der Waals surface area contributed by atoms with E-state index < -0.39 is 6.04 Å². The second-order valence-electron chi connectivity index (χ2n) is 4.56. The summed E-state index contributed by atoms with van der Waals surface area (Å²) in [6.07, 6.45) is 1.52. The van der Waals surface area contributed by atoms with Crippen LogP contribution in [0.1, 0.15) is 25.3 Å². The lowest BCUT2D eigenvalue weighted by molar-refractivity contribution is -0.128. The van der Waals surface area contributed by atoms with Crippen LogP contribution in [0.15, 0.2) is 22.7 Å². The molecule has 19 heavy (non-hydrogen) atoms. The number of carbonyl (C=O) groups excluding carboxylic acids is 2. The molecule has 0 bridgehead atoms. The highest BCUT2D eigenvalue weighted by Crippen LogP contribution is 2.22. The average Bonchev–Trinajstić information content (AvgIpc) is 2.60. The number of halogens is 1. The van der Waals surface area contributed by atoms with E-state index in [4.69, 9.17) is 5.73 Å². The molecule has 0 aromatic heterocycles. The van der Waals surface area contributed by atoms with Gasteiger partial charge in [0, 0.05) is 10.2 Å². The van der Waals surface area contributed by atoms with Crippen LogP contribution in [0.25, 0.3) is 0 Å². The zero-order chi connectivity index (χ0) is 14.0. The number of urea groups is 1. The number of carbonyl (C=O) groups is 2. The van der Waals surface area contributed by atoms with Gasteiger partial charge in [0.2, 0.25) is 0 Å². The van der Waals surface area contributed by atoms with Crippen molar-refractivity contribution in [1.82, 2.24) is 10.2 Å². The Kier molecular flexibility index (Phi) is 4.09. The maximum atomic E-state index is 12.1. The number of benzene rings is 1. The first-order valence-electron chi connectivity index (χ1n) is 6.18. The molecule has 1 heterocycles. The summed E-state index contributed by atoms with van der Waals surface area (Å²) < 4.78 is 0.870. The summed E-state index contributed by atoms with van der Waals surface area (Å²) in [5.41, 5.74) is 7.22. The molecule has 5 nitrogen and oxygen atoms in total. The topological polar surface area (TPSA) is 75.4 Å². The van der Waals surface area contributed by atoms with Gasteiger partial charge in [0.15, 0.2) is 0 Å². The van der Waals surface area contributed by atoms with Gasteiger partial charge in [-0.05, 0) is 24.1 Å². The van der Waals surface area contributed by atoms with E-state index in [9.17, 15) is 9.59 Å². The van der Waals surface area contributed by atoms with Crippen LogP contribution >= 0.6 is 15.9 Å². The fourth-order valence-corrected chi connectivity index (χ4v) is 2.47. The van der Waals surface area contributed by atoms with Crippen molar-refractivity contribution in [3.8, 4) is 0 Å². The predicted octanol–water partition coefficient (Wildman–Crippen LogP) is 2.25. The summed E-state index contributed by atoms with van der Waals surface area (Å²) >= 11 is 3.32. The first-order valence-corrected chi connectivity index (χ1v) is 6.98. The molecular weight excluding hydrogens is 310 g/mol. The summed E-state index contributed by atoms with van der Waals surface area (Å²) in [6, 6.07) is 4.68. The fourth-order valence-electron chi connectivity index (χ4n) is 2.09. The lowest BCUT2D eigenvalue weighted by Crippen LogP contribution is -2.31. The van der Waals surface area contributed by atoms with Crippen LogP contribution in [0.3, 0.4) is 0 Å². The van der Waals surface area contributed by atoms with E-state index in [1.807, 2.05) is 19.1 Å². The molecule has 3 amide bonds. The van der Waals surface area contributed by atoms with E-state index in [-0.39, 0.29) is 18.5 Å². The van der Waals surface area contributed by atoms with Crippen molar-refractivity contribution in [3.05, 3.63) is 28.2 Å². The van der Waals surface area contributed by atoms with Crippen LogP contribution in [-0.4, -0.2) is 22.9 Å². The van der Waals surface area contributed by atoms with Gasteiger partial charge in [-0.25, -0.2) is 4.79 Å². The molecule has 2 rings (SSSR count). The maximum absolute atomic E-state index is 12.1. The van der Waals surface area contributed by atoms with E-state index in [0.29, 0.717) is 12.1 Å². The Balaban J connectivity index is 2.14. The highest BCUT2D eigenvalue weighted by molar-refractivity contribution is 9.10. The van der Waals surface area contributed by atoms with Crippen molar-refractivity contribution in [2.45, 2.75) is 32.4 Å². The Labute approximate surface area is 120 Å². The third-order valence-electron chi connectivity index (χ3n) is 3.12. The third kappa shape index (κ3) is 2.89. The van der Waals surface area contributed by atoms with Crippen LogP contribution in [0.2, 0.25) is 0 Å². The van der Waals surface area contributed by atoms with E-state index in [2.05, 4.69) is 21.2 Å². The number of hydrogen-bond acceptors (Lipinski definition) is 3. The smallest absolute Gasteiger partial charge is 0.325 e. The van der Waals surface area contributed by atoms with Crippen LogP contribution < -0.4 is 11.1 Å². The number of nitrogens with one attached hydrogen (secondary N) is 1. The quantitative estimate of drug-likeness (QED) is 0.658. The van der Waals surface area contributed by atoms with E-state index in [1.54, 1.807) is 6.07 Å². The molecule has 1 aromatic rings. The fraction of sp³-hybridized carbons (Fsp3) is 0.385. The zero-order valence-corrected chi connectivity index (χ0v) is 12.2. The molecule has 1 saturated heterocycles. The Bertz CT molecular complexity index is 519. The highest BCUT2D eigenvalue weighted by atomic mass is 79.9. The first kappa shape index (κ1) is 13.9. The lowest BCUT2D eigenvalue weighted by Gasteiger charge is -2.14. The van der Waals surface area contributed by atoms with Gasteiger partial charge in [-0.2, -0.15) is 0 Å². The monoisotopic (exact) mass is 325 g/mol. The third-order valence-corrected chi connectivity index (χ3v) is 3.61. The van der Waals surface area contributed by atoms with Crippen molar-refractivity contribution in [1.29, 1.82) is 0 Å². The van der Waals surface area contributed by atoms with Gasteiger partial charge in [-0.1, -0.05) is 35.3 Å². The minimum absolute atomic E-state index is 0.172. The van der Waals surface area contributed by atoms with Gasteiger partial charge >= 0.3 is 6.03 Å². The maximum Gasteiger partial charge on any atom is 0.325 e. The standard InChI is InChI=1S/C13H16BrN3O2/c1-2-3-11-12(18)17(13(19)16-11)7-8-4-5-9(14)6-10(8)15/h4-6,11H,2-3,7,15H2,1H3,(H,16,19). The van der Waals surface area contributed by atoms with Crippen molar-refractivity contribution in [2.75, 3.05) is 5.73 Å². The molecule has 0 saturated carbocycles. The largest absolute Gasteiger partial charge is 0.398 e. The average molecular weight is 326 g/mol. The zero-order valence-electron chi connectivity index (χ0n) is 10.6. The Hall–Kier alpha value is -1.56. The molecule has 3 N–H and O–H groups in total. The molecule has 1 fully saturated rings. The molecule has 1 atom stereocenters. The van der Waals surface area contributed by atoms with Gasteiger partial charge in [0.05, 0.1) is 6.54 Å². The van der Waals surface area contributed by atoms with Crippen LogP contribution in [0, 0.1) is 0 Å². The number of amides is 3. The van der Waals surface area contributed by atoms with Gasteiger partial charge < -0.3 is 11.1 Å². The molecule has 0 spiro atoms. The summed E-state index contributed by atoms with van der Waals surface area (Å²) in [7, 11) is 0. The van der Waals surface area contributed by atoms with Crippen molar-refractivity contribution < 1.29 is 9.59 Å². The predicted molar refractivity (Wildman–Crippen MR) is 76.3 cm³/mol. The van der Waals surface area contributed by atoms with Crippen molar-refractivity contribution in [3.63, 3.8) is 0 Å². The number of hydrogen-bond donors (Lipinski definition) is 2. The molecule has 1 aliphatic heterocycles. The normalized spacial score (nSPS) is 18.8. The first-order chi connectivity index (χ1) is 9.02. The number of rotatable bonds is 4. The summed E-state index contributed by atoms with van der Waals surface area (Å²) in [5, 5.41) is 2.69. The molecular formula is C13H16BrN3O2. The molecule has 0 aliphatic carbocycles. The summed E-state index contributed by atoms with van der Waals surface area (Å²) in [6.45, 7) is 2.19. The SMILES string of the molecule is CCCC1NC(=O)N(Cc2ccc(Br)cc2N)C1=O. The van der Waals surface area contributed by atoms with Crippen LogP contribution in [0.5, 0.6) is 0 Å².